The second-order valence-corrected chi connectivity index (χ2v) is 8.23. The van der Waals surface area contributed by atoms with Crippen molar-refractivity contribution in [2.45, 2.75) is 45.2 Å². The molecule has 2 rings (SSSR count). The molecule has 0 bridgehead atoms. The van der Waals surface area contributed by atoms with Gasteiger partial charge >= 0.3 is 0 Å². The van der Waals surface area contributed by atoms with Crippen LogP contribution in [-0.2, 0) is 14.6 Å². The van der Waals surface area contributed by atoms with Crippen molar-refractivity contribution >= 4 is 15.7 Å². The molecule has 1 N–H and O–H groups in total. The van der Waals surface area contributed by atoms with Gasteiger partial charge in [-0.05, 0) is 39.8 Å². The van der Waals surface area contributed by atoms with Crippen molar-refractivity contribution in [2.24, 2.45) is 0 Å². The summed E-state index contributed by atoms with van der Waals surface area (Å²) in [7, 11) is -3.05. The van der Waals surface area contributed by atoms with Gasteiger partial charge in [0.05, 0.1) is 17.5 Å². The number of carbonyl (C=O) groups is 1. The van der Waals surface area contributed by atoms with Gasteiger partial charge in [0, 0.05) is 12.1 Å². The summed E-state index contributed by atoms with van der Waals surface area (Å²) in [6.07, 6.45) is 4.97. The molecule has 2 fully saturated rings. The molecule has 2 heterocycles. The third kappa shape index (κ3) is 4.06. The Labute approximate surface area is 121 Å². The zero-order valence-corrected chi connectivity index (χ0v) is 13.1. The second kappa shape index (κ2) is 6.26. The molecular formula is C14H24N2O3S. The Kier molecular flexibility index (Phi) is 4.86. The fraction of sp³-hybridized carbons (Fsp3) is 0.786. The molecule has 114 valence electrons. The molecule has 1 amide bonds. The number of hydrogen-bond acceptors (Lipinski definition) is 4. The van der Waals surface area contributed by atoms with Gasteiger partial charge in [-0.2, -0.15) is 0 Å². The third-order valence-electron chi connectivity index (χ3n) is 3.93. The summed E-state index contributed by atoms with van der Waals surface area (Å²) in [4.78, 5) is 14.1. The number of allylic oxidation sites excluding steroid dienone is 1. The lowest BCUT2D eigenvalue weighted by atomic mass is 10.0. The van der Waals surface area contributed by atoms with Crippen LogP contribution in [0.4, 0.5) is 0 Å². The van der Waals surface area contributed by atoms with E-state index in [1.807, 2.05) is 13.8 Å². The maximum absolute atomic E-state index is 11.9. The lowest BCUT2D eigenvalue weighted by Crippen LogP contribution is -2.52. The first-order valence-electron chi connectivity index (χ1n) is 7.27. The number of amides is 1. The lowest BCUT2D eigenvalue weighted by molar-refractivity contribution is -0.117. The van der Waals surface area contributed by atoms with E-state index in [9.17, 15) is 13.2 Å². The summed E-state index contributed by atoms with van der Waals surface area (Å²) in [5.41, 5.74) is 0.915. The number of piperidine rings is 1. The van der Waals surface area contributed by atoms with Gasteiger partial charge in [-0.25, -0.2) is 8.42 Å². The Morgan fingerprint density at radius 1 is 1.15 bits per heavy atom. The van der Waals surface area contributed by atoms with Crippen molar-refractivity contribution in [3.05, 3.63) is 11.6 Å². The first-order chi connectivity index (χ1) is 9.37. The van der Waals surface area contributed by atoms with E-state index in [1.165, 1.54) is 12.5 Å². The molecule has 0 unspecified atom stereocenters. The molecule has 0 aliphatic carbocycles. The van der Waals surface area contributed by atoms with Crippen LogP contribution >= 0.6 is 0 Å². The fourth-order valence-electron chi connectivity index (χ4n) is 3.06. The third-order valence-corrected chi connectivity index (χ3v) is 5.65. The maximum Gasteiger partial charge on any atom is 0.244 e. The average molecular weight is 300 g/mol. The Morgan fingerprint density at radius 2 is 1.80 bits per heavy atom. The van der Waals surface area contributed by atoms with Gasteiger partial charge < -0.3 is 5.32 Å². The van der Waals surface area contributed by atoms with Crippen LogP contribution in [0.2, 0.25) is 0 Å². The Hall–Kier alpha value is -0.880. The summed E-state index contributed by atoms with van der Waals surface area (Å²) >= 11 is 0. The molecule has 0 aromatic carbocycles. The fourth-order valence-corrected chi connectivity index (χ4v) is 5.02. The van der Waals surface area contributed by atoms with Crippen LogP contribution in [0.15, 0.2) is 11.6 Å². The Bertz CT molecular complexity index is 489. The van der Waals surface area contributed by atoms with Crippen LogP contribution in [0.25, 0.3) is 0 Å². The van der Waals surface area contributed by atoms with Gasteiger partial charge in [0.2, 0.25) is 5.91 Å². The highest BCUT2D eigenvalue weighted by Gasteiger charge is 2.41. The summed E-state index contributed by atoms with van der Waals surface area (Å²) in [6, 6.07) is -0.337. The number of likely N-dealkylation sites (tertiary alicyclic amines) is 1. The minimum absolute atomic E-state index is 0.0604. The zero-order chi connectivity index (χ0) is 14.8. The van der Waals surface area contributed by atoms with Crippen LogP contribution < -0.4 is 5.32 Å². The minimum Gasteiger partial charge on any atom is -0.347 e. The number of hydrogen-bond donors (Lipinski definition) is 1. The first-order valence-corrected chi connectivity index (χ1v) is 9.09. The van der Waals surface area contributed by atoms with Crippen LogP contribution in [0.5, 0.6) is 0 Å². The van der Waals surface area contributed by atoms with Gasteiger partial charge in [0.25, 0.3) is 0 Å². The van der Waals surface area contributed by atoms with Crippen LogP contribution in [0, 0.1) is 0 Å². The van der Waals surface area contributed by atoms with E-state index in [1.54, 1.807) is 0 Å². The molecule has 0 saturated carbocycles. The van der Waals surface area contributed by atoms with E-state index in [2.05, 4.69) is 10.2 Å². The van der Waals surface area contributed by atoms with E-state index in [4.69, 9.17) is 0 Å². The van der Waals surface area contributed by atoms with E-state index in [-0.39, 0.29) is 29.5 Å². The smallest absolute Gasteiger partial charge is 0.244 e. The van der Waals surface area contributed by atoms with E-state index in [0.29, 0.717) is 0 Å². The van der Waals surface area contributed by atoms with Gasteiger partial charge in [-0.3, -0.25) is 9.69 Å². The van der Waals surface area contributed by atoms with Gasteiger partial charge in [0.15, 0.2) is 9.84 Å². The molecule has 6 heteroatoms. The van der Waals surface area contributed by atoms with Crippen molar-refractivity contribution in [2.75, 3.05) is 24.6 Å². The molecule has 2 atom stereocenters. The van der Waals surface area contributed by atoms with Gasteiger partial charge in [-0.1, -0.05) is 12.0 Å². The van der Waals surface area contributed by atoms with Gasteiger partial charge in [0.1, 0.15) is 0 Å². The summed E-state index contributed by atoms with van der Waals surface area (Å²) in [5.74, 6) is 0.0534. The largest absolute Gasteiger partial charge is 0.347 e. The molecular weight excluding hydrogens is 276 g/mol. The average Bonchev–Trinajstić information content (AvgIpc) is 2.64. The molecule has 2 saturated heterocycles. The number of rotatable bonds is 3. The summed E-state index contributed by atoms with van der Waals surface area (Å²) in [5, 5.41) is 2.88. The van der Waals surface area contributed by atoms with Crippen LogP contribution in [-0.4, -0.2) is 55.9 Å². The maximum atomic E-state index is 11.9. The topological polar surface area (TPSA) is 66.5 Å². The molecule has 0 aromatic heterocycles. The van der Waals surface area contributed by atoms with Crippen molar-refractivity contribution in [1.29, 1.82) is 0 Å². The van der Waals surface area contributed by atoms with Crippen molar-refractivity contribution in [1.82, 2.24) is 10.2 Å². The highest BCUT2D eigenvalue weighted by atomic mass is 32.2. The zero-order valence-electron chi connectivity index (χ0n) is 12.3. The van der Waals surface area contributed by atoms with E-state index in [0.717, 1.165) is 31.5 Å². The highest BCUT2D eigenvalue weighted by molar-refractivity contribution is 7.91. The van der Waals surface area contributed by atoms with Crippen molar-refractivity contribution in [3.63, 3.8) is 0 Å². The lowest BCUT2D eigenvalue weighted by Gasteiger charge is -2.34. The molecule has 0 spiro atoms. The Balaban J connectivity index is 2.07. The molecule has 0 radical (unpaired) electrons. The van der Waals surface area contributed by atoms with Crippen molar-refractivity contribution < 1.29 is 13.2 Å². The molecule has 5 nitrogen and oxygen atoms in total. The molecule has 0 aromatic rings. The summed E-state index contributed by atoms with van der Waals surface area (Å²) < 4.78 is 23.8. The minimum atomic E-state index is -3.05. The monoisotopic (exact) mass is 300 g/mol. The van der Waals surface area contributed by atoms with Crippen LogP contribution in [0.3, 0.4) is 0 Å². The molecule has 2 aliphatic rings. The normalized spacial score (nSPS) is 29.9. The number of nitrogens with one attached hydrogen (secondary N) is 1. The van der Waals surface area contributed by atoms with E-state index >= 15 is 0 Å². The molecule has 2 aliphatic heterocycles. The number of carbonyl (C=O) groups excluding carboxylic acids is 1. The first kappa shape index (κ1) is 15.5. The molecule has 20 heavy (non-hydrogen) atoms. The highest BCUT2D eigenvalue weighted by Crippen LogP contribution is 2.22. The predicted octanol–water partition coefficient (Wildman–Crippen LogP) is 0.720. The van der Waals surface area contributed by atoms with Crippen LogP contribution in [0.1, 0.15) is 33.1 Å². The van der Waals surface area contributed by atoms with Gasteiger partial charge in [-0.15, -0.1) is 0 Å². The quantitative estimate of drug-likeness (QED) is 0.780. The SMILES string of the molecule is CC(C)=CC(=O)N[C@H]1CS(=O)(=O)C[C@H]1N1CCCCC1. The standard InChI is InChI=1S/C14H24N2O3S/c1-11(2)8-14(17)15-12-9-20(18,19)10-13(12)16-6-4-3-5-7-16/h8,12-13H,3-7,9-10H2,1-2H3,(H,15,17)/t12-,13+/m0/s1. The van der Waals surface area contributed by atoms with E-state index < -0.39 is 9.84 Å². The summed E-state index contributed by atoms with van der Waals surface area (Å²) in [6.45, 7) is 5.59. The van der Waals surface area contributed by atoms with Crippen molar-refractivity contribution in [3.8, 4) is 0 Å². The second-order valence-electron chi connectivity index (χ2n) is 6.08. The predicted molar refractivity (Wildman–Crippen MR) is 79.2 cm³/mol. The number of sulfone groups is 1. The Morgan fingerprint density at radius 3 is 2.40 bits per heavy atom. The number of nitrogens with zero attached hydrogens (tertiary/aromatic N) is 1.